The Morgan fingerprint density at radius 1 is 1.44 bits per heavy atom. The summed E-state index contributed by atoms with van der Waals surface area (Å²) in [6.45, 7) is 0. The van der Waals surface area contributed by atoms with Crippen LogP contribution in [0.1, 0.15) is 17.6 Å². The lowest BCUT2D eigenvalue weighted by atomic mass is 10.1. The molecule has 0 amide bonds. The van der Waals surface area contributed by atoms with Gasteiger partial charge in [0, 0.05) is 11.8 Å². The van der Waals surface area contributed by atoms with Gasteiger partial charge in [-0.15, -0.1) is 13.2 Å². The molecule has 1 aromatic heterocycles. The standard InChI is InChI=1S/C9H5F5N2O2/c10-7(11)6-4(1-2-15)8(17)16-3-5(6)18-9(12,13)14/h3,7H,1H2,(H,16,17). The van der Waals surface area contributed by atoms with Crippen molar-refractivity contribution in [1.29, 1.82) is 5.26 Å². The summed E-state index contributed by atoms with van der Waals surface area (Å²) in [5, 5.41) is 8.36. The van der Waals surface area contributed by atoms with Gasteiger partial charge >= 0.3 is 6.36 Å². The molecule has 0 aliphatic carbocycles. The Morgan fingerprint density at radius 2 is 2.06 bits per heavy atom. The first kappa shape index (κ1) is 14.0. The molecule has 1 heterocycles. The van der Waals surface area contributed by atoms with Crippen LogP contribution >= 0.6 is 0 Å². The second-order valence-electron chi connectivity index (χ2n) is 3.06. The largest absolute Gasteiger partial charge is 0.573 e. The first-order valence-electron chi connectivity index (χ1n) is 4.41. The molecule has 4 nitrogen and oxygen atoms in total. The van der Waals surface area contributed by atoms with Gasteiger partial charge in [0.05, 0.1) is 18.1 Å². The van der Waals surface area contributed by atoms with Crippen molar-refractivity contribution in [2.45, 2.75) is 19.2 Å². The van der Waals surface area contributed by atoms with Crippen molar-refractivity contribution in [2.24, 2.45) is 0 Å². The summed E-state index contributed by atoms with van der Waals surface area (Å²) in [7, 11) is 0. The average molecular weight is 268 g/mol. The van der Waals surface area contributed by atoms with E-state index in [1.165, 1.54) is 6.07 Å². The minimum atomic E-state index is -5.17. The second kappa shape index (κ2) is 5.03. The highest BCUT2D eigenvalue weighted by Crippen LogP contribution is 2.33. The average Bonchev–Trinajstić information content (AvgIpc) is 2.20. The van der Waals surface area contributed by atoms with E-state index < -0.39 is 41.6 Å². The number of nitrogens with one attached hydrogen (secondary N) is 1. The summed E-state index contributed by atoms with van der Waals surface area (Å²) in [6, 6.07) is 1.42. The number of rotatable bonds is 3. The molecule has 0 atom stereocenters. The van der Waals surface area contributed by atoms with Gasteiger partial charge in [0.1, 0.15) is 0 Å². The molecule has 18 heavy (non-hydrogen) atoms. The van der Waals surface area contributed by atoms with E-state index in [-0.39, 0.29) is 0 Å². The number of H-pyrrole nitrogens is 1. The number of pyridine rings is 1. The molecule has 9 heteroatoms. The van der Waals surface area contributed by atoms with Gasteiger partial charge in [-0.2, -0.15) is 5.26 Å². The summed E-state index contributed by atoms with van der Waals surface area (Å²) in [4.78, 5) is 13.0. The SMILES string of the molecule is N#CCc1c(C(F)F)c(OC(F)(F)F)c[nH]c1=O. The Balaban J connectivity index is 3.40. The number of ether oxygens (including phenoxy) is 1. The minimum absolute atomic E-state index is 0.387. The summed E-state index contributed by atoms with van der Waals surface area (Å²) >= 11 is 0. The van der Waals surface area contributed by atoms with Crippen LogP contribution in [-0.2, 0) is 6.42 Å². The maximum absolute atomic E-state index is 12.7. The lowest BCUT2D eigenvalue weighted by Gasteiger charge is -2.14. The van der Waals surface area contributed by atoms with Crippen LogP contribution in [0.5, 0.6) is 5.75 Å². The Bertz CT molecular complexity index is 529. The Labute approximate surface area is 96.6 Å². The molecule has 0 bridgehead atoms. The third-order valence-electron chi connectivity index (χ3n) is 1.90. The molecule has 1 N–H and O–H groups in total. The molecule has 0 aromatic carbocycles. The molecule has 0 radical (unpaired) electrons. The normalized spacial score (nSPS) is 11.4. The van der Waals surface area contributed by atoms with Gasteiger partial charge in [0.2, 0.25) is 0 Å². The van der Waals surface area contributed by atoms with Crippen LogP contribution < -0.4 is 10.3 Å². The molecule has 0 saturated heterocycles. The van der Waals surface area contributed by atoms with E-state index in [9.17, 15) is 26.7 Å². The van der Waals surface area contributed by atoms with Crippen LogP contribution in [0.2, 0.25) is 0 Å². The van der Waals surface area contributed by atoms with Crippen LogP contribution in [0, 0.1) is 11.3 Å². The third kappa shape index (κ3) is 3.19. The van der Waals surface area contributed by atoms with Gasteiger partial charge in [-0.05, 0) is 0 Å². The number of alkyl halides is 5. The van der Waals surface area contributed by atoms with E-state index in [0.29, 0.717) is 6.20 Å². The quantitative estimate of drug-likeness (QED) is 0.855. The van der Waals surface area contributed by atoms with Crippen LogP contribution in [-0.4, -0.2) is 11.3 Å². The Hall–Kier alpha value is -2.11. The fraction of sp³-hybridized carbons (Fsp3) is 0.333. The van der Waals surface area contributed by atoms with Crippen LogP contribution in [0.4, 0.5) is 22.0 Å². The molecule has 0 aliphatic heterocycles. The molecule has 1 aromatic rings. The molecular formula is C9H5F5N2O2. The molecule has 98 valence electrons. The first-order valence-corrected chi connectivity index (χ1v) is 4.41. The molecule has 0 unspecified atom stereocenters. The Morgan fingerprint density at radius 3 is 2.50 bits per heavy atom. The maximum Gasteiger partial charge on any atom is 0.573 e. The van der Waals surface area contributed by atoms with Crippen LogP contribution in [0.15, 0.2) is 11.0 Å². The van der Waals surface area contributed by atoms with Gasteiger partial charge in [-0.3, -0.25) is 4.79 Å². The highest BCUT2D eigenvalue weighted by Gasteiger charge is 2.34. The van der Waals surface area contributed by atoms with Gasteiger partial charge in [-0.1, -0.05) is 0 Å². The minimum Gasteiger partial charge on any atom is -0.404 e. The molecule has 0 spiro atoms. The van der Waals surface area contributed by atoms with Gasteiger partial charge in [0.25, 0.3) is 12.0 Å². The number of aromatic amines is 1. The number of nitriles is 1. The number of aromatic nitrogens is 1. The lowest BCUT2D eigenvalue weighted by Crippen LogP contribution is -2.22. The zero-order valence-corrected chi connectivity index (χ0v) is 8.52. The summed E-state index contributed by atoms with van der Waals surface area (Å²) in [5.41, 5.74) is -3.02. The van der Waals surface area contributed by atoms with Gasteiger partial charge < -0.3 is 9.72 Å². The van der Waals surface area contributed by atoms with E-state index in [4.69, 9.17) is 5.26 Å². The summed E-state index contributed by atoms with van der Waals surface area (Å²) in [6.07, 6.45) is -8.90. The predicted octanol–water partition coefficient (Wildman–Crippen LogP) is 2.28. The lowest BCUT2D eigenvalue weighted by molar-refractivity contribution is -0.275. The molecule has 0 saturated carbocycles. The number of nitrogens with zero attached hydrogens (tertiary/aromatic N) is 1. The van der Waals surface area contributed by atoms with E-state index in [0.717, 1.165) is 0 Å². The van der Waals surface area contributed by atoms with E-state index in [2.05, 4.69) is 4.74 Å². The van der Waals surface area contributed by atoms with Crippen molar-refractivity contribution in [1.82, 2.24) is 4.98 Å². The monoisotopic (exact) mass is 268 g/mol. The fourth-order valence-corrected chi connectivity index (χ4v) is 1.27. The number of hydrogen-bond acceptors (Lipinski definition) is 3. The van der Waals surface area contributed by atoms with Crippen LogP contribution in [0.3, 0.4) is 0 Å². The summed E-state index contributed by atoms with van der Waals surface area (Å²) < 4.78 is 64.6. The first-order chi connectivity index (χ1) is 8.26. The predicted molar refractivity (Wildman–Crippen MR) is 48.0 cm³/mol. The molecular weight excluding hydrogens is 263 g/mol. The van der Waals surface area contributed by atoms with Crippen molar-refractivity contribution in [3.63, 3.8) is 0 Å². The fourth-order valence-electron chi connectivity index (χ4n) is 1.27. The Kier molecular flexibility index (Phi) is 3.90. The van der Waals surface area contributed by atoms with Crippen molar-refractivity contribution in [3.8, 4) is 11.8 Å². The number of hydrogen-bond donors (Lipinski definition) is 1. The topological polar surface area (TPSA) is 65.9 Å². The van der Waals surface area contributed by atoms with Crippen molar-refractivity contribution < 1.29 is 26.7 Å². The third-order valence-corrected chi connectivity index (χ3v) is 1.90. The van der Waals surface area contributed by atoms with Gasteiger partial charge in [-0.25, -0.2) is 8.78 Å². The van der Waals surface area contributed by atoms with E-state index in [1.807, 2.05) is 0 Å². The van der Waals surface area contributed by atoms with E-state index in [1.54, 1.807) is 4.98 Å². The summed E-state index contributed by atoms with van der Waals surface area (Å²) in [5.74, 6) is -1.22. The molecule has 1 rings (SSSR count). The highest BCUT2D eigenvalue weighted by atomic mass is 19.4. The maximum atomic E-state index is 12.7. The molecule has 0 fully saturated rings. The second-order valence-corrected chi connectivity index (χ2v) is 3.06. The number of halogens is 5. The van der Waals surface area contributed by atoms with Crippen molar-refractivity contribution in [2.75, 3.05) is 0 Å². The molecule has 0 aliphatic rings. The van der Waals surface area contributed by atoms with Crippen LogP contribution in [0.25, 0.3) is 0 Å². The highest BCUT2D eigenvalue weighted by molar-refractivity contribution is 5.39. The zero-order chi connectivity index (χ0) is 13.9. The smallest absolute Gasteiger partial charge is 0.404 e. The van der Waals surface area contributed by atoms with E-state index >= 15 is 0 Å². The van der Waals surface area contributed by atoms with Crippen molar-refractivity contribution >= 4 is 0 Å². The zero-order valence-electron chi connectivity index (χ0n) is 8.52. The van der Waals surface area contributed by atoms with Gasteiger partial charge in [0.15, 0.2) is 5.75 Å². The van der Waals surface area contributed by atoms with Crippen molar-refractivity contribution in [3.05, 3.63) is 27.7 Å².